The van der Waals surface area contributed by atoms with Crippen LogP contribution >= 0.6 is 0 Å². The van der Waals surface area contributed by atoms with Crippen LogP contribution in [0.25, 0.3) is 0 Å². The Morgan fingerprint density at radius 3 is 2.58 bits per heavy atom. The van der Waals surface area contributed by atoms with Gasteiger partial charge in [0, 0.05) is 12.7 Å². The standard InChI is InChI=1S/C17H27N3O4/c1-12(2)24-9-8-23-11-14-6-5-7-15(10-14)19-13(3)16(21)20-17(22)18-4/h5-7,10,12-13,19H,8-9,11H2,1-4H3,(H2,18,20,21,22)/t13-/m0/s1. The lowest BCUT2D eigenvalue weighted by Crippen LogP contribution is -2.44. The molecule has 0 fully saturated rings. The van der Waals surface area contributed by atoms with Crippen LogP contribution in [-0.4, -0.2) is 44.3 Å². The molecule has 0 unspecified atom stereocenters. The summed E-state index contributed by atoms with van der Waals surface area (Å²) >= 11 is 0. The van der Waals surface area contributed by atoms with Crippen LogP contribution in [-0.2, 0) is 20.9 Å². The highest BCUT2D eigenvalue weighted by Gasteiger charge is 2.14. The van der Waals surface area contributed by atoms with E-state index in [0.29, 0.717) is 19.8 Å². The molecule has 3 N–H and O–H groups in total. The van der Waals surface area contributed by atoms with E-state index in [1.807, 2.05) is 38.1 Å². The number of imide groups is 1. The van der Waals surface area contributed by atoms with Crippen LogP contribution in [0.2, 0.25) is 0 Å². The Balaban J connectivity index is 2.44. The van der Waals surface area contributed by atoms with Crippen LogP contribution in [0.15, 0.2) is 24.3 Å². The highest BCUT2D eigenvalue weighted by Crippen LogP contribution is 2.13. The van der Waals surface area contributed by atoms with E-state index in [0.717, 1.165) is 11.3 Å². The number of nitrogens with one attached hydrogen (secondary N) is 3. The molecule has 24 heavy (non-hydrogen) atoms. The second-order valence-electron chi connectivity index (χ2n) is 5.61. The molecular formula is C17H27N3O4. The van der Waals surface area contributed by atoms with Gasteiger partial charge in [-0.1, -0.05) is 12.1 Å². The fraction of sp³-hybridized carbons (Fsp3) is 0.529. The van der Waals surface area contributed by atoms with E-state index in [9.17, 15) is 9.59 Å². The Bertz CT molecular complexity index is 534. The summed E-state index contributed by atoms with van der Waals surface area (Å²) in [6.07, 6.45) is 0.198. The number of urea groups is 1. The summed E-state index contributed by atoms with van der Waals surface area (Å²) in [4.78, 5) is 23.0. The van der Waals surface area contributed by atoms with E-state index in [2.05, 4.69) is 16.0 Å². The first-order valence-corrected chi connectivity index (χ1v) is 7.99. The van der Waals surface area contributed by atoms with E-state index in [1.165, 1.54) is 7.05 Å². The van der Waals surface area contributed by atoms with Gasteiger partial charge in [-0.2, -0.15) is 0 Å². The molecule has 0 aliphatic carbocycles. The lowest BCUT2D eigenvalue weighted by molar-refractivity contribution is -0.120. The molecule has 7 nitrogen and oxygen atoms in total. The van der Waals surface area contributed by atoms with Crippen molar-refractivity contribution in [2.75, 3.05) is 25.6 Å². The van der Waals surface area contributed by atoms with Crippen molar-refractivity contribution in [2.45, 2.75) is 39.5 Å². The minimum Gasteiger partial charge on any atom is -0.376 e. The molecule has 0 aliphatic rings. The molecule has 0 bridgehead atoms. The minimum atomic E-state index is -0.544. The predicted molar refractivity (Wildman–Crippen MR) is 92.9 cm³/mol. The average Bonchev–Trinajstić information content (AvgIpc) is 2.54. The van der Waals surface area contributed by atoms with Gasteiger partial charge in [0.25, 0.3) is 0 Å². The van der Waals surface area contributed by atoms with E-state index in [-0.39, 0.29) is 6.10 Å². The maximum Gasteiger partial charge on any atom is 0.321 e. The van der Waals surface area contributed by atoms with Gasteiger partial charge in [0.05, 0.1) is 25.9 Å². The maximum absolute atomic E-state index is 11.8. The van der Waals surface area contributed by atoms with Crippen LogP contribution in [0.1, 0.15) is 26.3 Å². The van der Waals surface area contributed by atoms with Crippen LogP contribution in [0.3, 0.4) is 0 Å². The second kappa shape index (κ2) is 10.6. The Labute approximate surface area is 143 Å². The maximum atomic E-state index is 11.8. The van der Waals surface area contributed by atoms with Gasteiger partial charge in [0.1, 0.15) is 6.04 Å². The molecule has 0 spiro atoms. The monoisotopic (exact) mass is 337 g/mol. The quantitative estimate of drug-likeness (QED) is 0.599. The van der Waals surface area contributed by atoms with Crippen LogP contribution < -0.4 is 16.0 Å². The fourth-order valence-electron chi connectivity index (χ4n) is 1.88. The van der Waals surface area contributed by atoms with E-state index in [4.69, 9.17) is 9.47 Å². The SMILES string of the molecule is CNC(=O)NC(=O)[C@H](C)Nc1cccc(COCCOC(C)C)c1. The average molecular weight is 337 g/mol. The number of amides is 3. The van der Waals surface area contributed by atoms with Gasteiger partial charge in [-0.15, -0.1) is 0 Å². The smallest absolute Gasteiger partial charge is 0.321 e. The molecule has 1 aromatic rings. The summed E-state index contributed by atoms with van der Waals surface area (Å²) < 4.78 is 11.0. The number of hydrogen-bond donors (Lipinski definition) is 3. The summed E-state index contributed by atoms with van der Waals surface area (Å²) in [6, 6.07) is 6.53. The zero-order chi connectivity index (χ0) is 17.9. The lowest BCUT2D eigenvalue weighted by Gasteiger charge is -2.15. The third kappa shape index (κ3) is 7.94. The Kier molecular flexibility index (Phi) is 8.81. The highest BCUT2D eigenvalue weighted by atomic mass is 16.5. The highest BCUT2D eigenvalue weighted by molar-refractivity contribution is 5.97. The van der Waals surface area contributed by atoms with Gasteiger partial charge in [-0.25, -0.2) is 4.79 Å². The molecule has 134 valence electrons. The first-order chi connectivity index (χ1) is 11.4. The Morgan fingerprint density at radius 1 is 1.17 bits per heavy atom. The Hall–Kier alpha value is -2.12. The molecule has 1 aromatic carbocycles. The zero-order valence-electron chi connectivity index (χ0n) is 14.7. The van der Waals surface area contributed by atoms with Crippen molar-refractivity contribution >= 4 is 17.6 Å². The zero-order valence-corrected chi connectivity index (χ0v) is 14.7. The van der Waals surface area contributed by atoms with Gasteiger partial charge in [-0.05, 0) is 38.5 Å². The number of benzene rings is 1. The van der Waals surface area contributed by atoms with Crippen molar-refractivity contribution in [3.63, 3.8) is 0 Å². The van der Waals surface area contributed by atoms with Crippen molar-refractivity contribution in [2.24, 2.45) is 0 Å². The Morgan fingerprint density at radius 2 is 1.92 bits per heavy atom. The first-order valence-electron chi connectivity index (χ1n) is 7.99. The number of hydrogen-bond acceptors (Lipinski definition) is 5. The number of ether oxygens (including phenoxy) is 2. The van der Waals surface area contributed by atoms with Crippen molar-refractivity contribution in [1.29, 1.82) is 0 Å². The number of rotatable bonds is 9. The van der Waals surface area contributed by atoms with Crippen molar-refractivity contribution in [3.8, 4) is 0 Å². The van der Waals surface area contributed by atoms with Crippen molar-refractivity contribution in [3.05, 3.63) is 29.8 Å². The summed E-state index contributed by atoms with van der Waals surface area (Å²) in [7, 11) is 1.45. The second-order valence-corrected chi connectivity index (χ2v) is 5.61. The molecule has 0 aliphatic heterocycles. The summed E-state index contributed by atoms with van der Waals surface area (Å²) in [5, 5.41) is 7.63. The largest absolute Gasteiger partial charge is 0.376 e. The predicted octanol–water partition coefficient (Wildman–Crippen LogP) is 1.88. The lowest BCUT2D eigenvalue weighted by atomic mass is 10.2. The van der Waals surface area contributed by atoms with Crippen LogP contribution in [0.5, 0.6) is 0 Å². The van der Waals surface area contributed by atoms with Crippen molar-refractivity contribution < 1.29 is 19.1 Å². The molecular weight excluding hydrogens is 310 g/mol. The van der Waals surface area contributed by atoms with Gasteiger partial charge in [0.15, 0.2) is 0 Å². The number of carbonyl (C=O) groups excluding carboxylic acids is 2. The van der Waals surface area contributed by atoms with E-state index >= 15 is 0 Å². The van der Waals surface area contributed by atoms with Crippen LogP contribution in [0.4, 0.5) is 10.5 Å². The van der Waals surface area contributed by atoms with Gasteiger partial charge in [-0.3, -0.25) is 10.1 Å². The molecule has 1 atom stereocenters. The van der Waals surface area contributed by atoms with Gasteiger partial charge < -0.3 is 20.1 Å². The number of carbonyl (C=O) groups is 2. The molecule has 0 saturated heterocycles. The topological polar surface area (TPSA) is 88.7 Å². The summed E-state index contributed by atoms with van der Waals surface area (Å²) in [6.45, 7) is 7.21. The minimum absolute atomic E-state index is 0.198. The molecule has 1 rings (SSSR count). The number of anilines is 1. The molecule has 0 radical (unpaired) electrons. The molecule has 3 amide bonds. The molecule has 0 saturated carbocycles. The molecule has 0 heterocycles. The summed E-state index contributed by atoms with van der Waals surface area (Å²) in [5.41, 5.74) is 1.78. The third-order valence-electron chi connectivity index (χ3n) is 3.11. The third-order valence-corrected chi connectivity index (χ3v) is 3.11. The normalized spacial score (nSPS) is 11.9. The van der Waals surface area contributed by atoms with E-state index < -0.39 is 18.0 Å². The molecule has 7 heteroatoms. The summed E-state index contributed by atoms with van der Waals surface area (Å²) in [5.74, 6) is -0.401. The fourth-order valence-corrected chi connectivity index (χ4v) is 1.88. The van der Waals surface area contributed by atoms with Crippen LogP contribution in [0, 0.1) is 0 Å². The van der Waals surface area contributed by atoms with Gasteiger partial charge in [0.2, 0.25) is 5.91 Å². The van der Waals surface area contributed by atoms with Gasteiger partial charge >= 0.3 is 6.03 Å². The first kappa shape index (κ1) is 19.9. The van der Waals surface area contributed by atoms with E-state index in [1.54, 1.807) is 6.92 Å². The van der Waals surface area contributed by atoms with Crippen molar-refractivity contribution in [1.82, 2.24) is 10.6 Å². The molecule has 0 aromatic heterocycles.